The minimum Gasteiger partial charge on any atom is -0.381 e. The number of hydrogen-bond donors (Lipinski definition) is 3. The Morgan fingerprint density at radius 3 is 2.68 bits per heavy atom. The molecule has 164 valence electrons. The lowest BCUT2D eigenvalue weighted by atomic mass is 9.92. The van der Waals surface area contributed by atoms with Gasteiger partial charge in [0.2, 0.25) is 0 Å². The molecule has 4 rings (SSSR count). The molecule has 0 bridgehead atoms. The van der Waals surface area contributed by atoms with Crippen LogP contribution in [0.2, 0.25) is 0 Å². The fourth-order valence-corrected chi connectivity index (χ4v) is 4.09. The second-order valence-electron chi connectivity index (χ2n) is 7.57. The number of rotatable bonds is 6. The lowest BCUT2D eigenvalue weighted by Gasteiger charge is -2.29. The fourth-order valence-electron chi connectivity index (χ4n) is 4.09. The average Bonchev–Trinajstić information content (AvgIpc) is 3.23. The maximum atomic E-state index is 13.2. The summed E-state index contributed by atoms with van der Waals surface area (Å²) in [6.07, 6.45) is 7.27. The Kier molecular flexibility index (Phi) is 5.90. The molecule has 1 aliphatic rings. The van der Waals surface area contributed by atoms with Crippen molar-refractivity contribution in [1.82, 2.24) is 24.5 Å². The second-order valence-corrected chi connectivity index (χ2v) is 7.57. The van der Waals surface area contributed by atoms with E-state index in [1.165, 1.54) is 6.20 Å². The van der Waals surface area contributed by atoms with Gasteiger partial charge >= 0.3 is 0 Å². The summed E-state index contributed by atoms with van der Waals surface area (Å²) in [7, 11) is 5.05. The number of pyridine rings is 1. The number of fused-ring (bicyclic) bond motifs is 1. The zero-order valence-corrected chi connectivity index (χ0v) is 17.9. The monoisotopic (exact) mass is 425 g/mol. The van der Waals surface area contributed by atoms with E-state index in [0.29, 0.717) is 28.5 Å². The van der Waals surface area contributed by atoms with Crippen molar-refractivity contribution in [2.75, 3.05) is 31.8 Å². The van der Waals surface area contributed by atoms with Gasteiger partial charge < -0.3 is 25.3 Å². The molecule has 0 aromatic carbocycles. The molecule has 0 aliphatic heterocycles. The highest BCUT2D eigenvalue weighted by molar-refractivity contribution is 5.99. The van der Waals surface area contributed by atoms with Gasteiger partial charge in [-0.15, -0.1) is 0 Å². The zero-order valence-electron chi connectivity index (χ0n) is 17.9. The van der Waals surface area contributed by atoms with Gasteiger partial charge in [0.1, 0.15) is 22.9 Å². The van der Waals surface area contributed by atoms with Crippen LogP contribution in [0, 0.1) is 0 Å². The van der Waals surface area contributed by atoms with Crippen LogP contribution >= 0.6 is 0 Å². The van der Waals surface area contributed by atoms with Gasteiger partial charge in [-0.3, -0.25) is 9.59 Å². The van der Waals surface area contributed by atoms with Crippen LogP contribution in [0.15, 0.2) is 35.4 Å². The van der Waals surface area contributed by atoms with Gasteiger partial charge in [-0.05, 0) is 37.8 Å². The molecular weight excluding hydrogens is 398 g/mol. The minimum absolute atomic E-state index is 0.101. The van der Waals surface area contributed by atoms with Crippen LogP contribution in [0.1, 0.15) is 42.1 Å². The standard InChI is InChI=1S/C21H27N7O3/c1-22-18-11-17(26-19-15(20(29)23-2)12-24-28(18)19)25-16-5-4-10-27(21(16)30)13-6-8-14(31-3)9-7-13/h4-5,10-14,22H,6-9H2,1-3H3,(H,23,29)(H,25,26)/t13-,14+. The molecule has 1 saturated carbocycles. The molecule has 10 heteroatoms. The van der Waals surface area contributed by atoms with Gasteiger partial charge in [0, 0.05) is 39.5 Å². The summed E-state index contributed by atoms with van der Waals surface area (Å²) in [5.74, 6) is 0.799. The van der Waals surface area contributed by atoms with E-state index in [0.717, 1.165) is 25.7 Å². The first-order valence-electron chi connectivity index (χ1n) is 10.3. The van der Waals surface area contributed by atoms with Crippen LogP contribution < -0.4 is 21.5 Å². The summed E-state index contributed by atoms with van der Waals surface area (Å²) in [4.78, 5) is 29.9. The molecule has 1 amide bonds. The maximum absolute atomic E-state index is 13.2. The number of aromatic nitrogens is 4. The molecule has 1 fully saturated rings. The van der Waals surface area contributed by atoms with Gasteiger partial charge in [0.05, 0.1) is 12.3 Å². The summed E-state index contributed by atoms with van der Waals surface area (Å²) in [5, 5.41) is 13.0. The predicted molar refractivity (Wildman–Crippen MR) is 118 cm³/mol. The third-order valence-corrected chi connectivity index (χ3v) is 5.81. The molecule has 10 nitrogen and oxygen atoms in total. The summed E-state index contributed by atoms with van der Waals surface area (Å²) < 4.78 is 8.78. The fraction of sp³-hybridized carbons (Fsp3) is 0.429. The van der Waals surface area contributed by atoms with E-state index in [2.05, 4.69) is 26.0 Å². The Balaban J connectivity index is 1.66. The van der Waals surface area contributed by atoms with E-state index in [9.17, 15) is 9.59 Å². The SMILES string of the molecule is CNC(=O)c1cnn2c(NC)cc(Nc3cccn([C@H]4CC[C@@H](OC)CC4)c3=O)nc12. The molecule has 3 N–H and O–H groups in total. The highest BCUT2D eigenvalue weighted by atomic mass is 16.5. The highest BCUT2D eigenvalue weighted by Crippen LogP contribution is 2.29. The Bertz CT molecular complexity index is 1150. The Hall–Kier alpha value is -3.40. The first kappa shape index (κ1) is 20.9. The summed E-state index contributed by atoms with van der Waals surface area (Å²) >= 11 is 0. The molecule has 1 aliphatic carbocycles. The molecule has 3 aromatic heterocycles. The molecule has 3 aromatic rings. The van der Waals surface area contributed by atoms with Crippen LogP contribution in [0.3, 0.4) is 0 Å². The second kappa shape index (κ2) is 8.76. The largest absolute Gasteiger partial charge is 0.381 e. The van der Waals surface area contributed by atoms with Gasteiger partial charge in [-0.25, -0.2) is 4.98 Å². The summed E-state index contributed by atoms with van der Waals surface area (Å²) in [6, 6.07) is 5.49. The van der Waals surface area contributed by atoms with Crippen molar-refractivity contribution in [1.29, 1.82) is 0 Å². The maximum Gasteiger partial charge on any atom is 0.274 e. The van der Waals surface area contributed by atoms with Crippen molar-refractivity contribution in [2.24, 2.45) is 0 Å². The number of nitrogens with zero attached hydrogens (tertiary/aromatic N) is 4. The number of amides is 1. The third-order valence-electron chi connectivity index (χ3n) is 5.81. The van der Waals surface area contributed by atoms with Gasteiger partial charge in [-0.1, -0.05) is 0 Å². The van der Waals surface area contributed by atoms with Gasteiger partial charge in [0.25, 0.3) is 11.5 Å². The molecule has 31 heavy (non-hydrogen) atoms. The Morgan fingerprint density at radius 1 is 1.23 bits per heavy atom. The molecule has 3 heterocycles. The average molecular weight is 425 g/mol. The summed E-state index contributed by atoms with van der Waals surface area (Å²) in [6.45, 7) is 0. The highest BCUT2D eigenvalue weighted by Gasteiger charge is 2.23. The number of ether oxygens (including phenoxy) is 1. The van der Waals surface area contributed by atoms with Crippen LogP contribution in [0.25, 0.3) is 5.65 Å². The van der Waals surface area contributed by atoms with E-state index in [-0.39, 0.29) is 23.6 Å². The minimum atomic E-state index is -0.282. The van der Waals surface area contributed by atoms with Gasteiger partial charge in [-0.2, -0.15) is 9.61 Å². The van der Waals surface area contributed by atoms with Crippen LogP contribution in [0.4, 0.5) is 17.3 Å². The smallest absolute Gasteiger partial charge is 0.274 e. The molecule has 0 radical (unpaired) electrons. The number of hydrogen-bond acceptors (Lipinski definition) is 7. The van der Waals surface area contributed by atoms with Crippen molar-refractivity contribution in [3.05, 3.63) is 46.5 Å². The van der Waals surface area contributed by atoms with E-state index >= 15 is 0 Å². The Morgan fingerprint density at radius 2 is 2.00 bits per heavy atom. The quantitative estimate of drug-likeness (QED) is 0.554. The van der Waals surface area contributed by atoms with Crippen molar-refractivity contribution in [3.8, 4) is 0 Å². The zero-order chi connectivity index (χ0) is 22.0. The van der Waals surface area contributed by atoms with Crippen LogP contribution in [-0.4, -0.2) is 52.4 Å². The lowest BCUT2D eigenvalue weighted by Crippen LogP contribution is -2.30. The van der Waals surface area contributed by atoms with E-state index in [1.807, 2.05) is 12.3 Å². The van der Waals surface area contributed by atoms with Crippen molar-refractivity contribution in [2.45, 2.75) is 37.8 Å². The van der Waals surface area contributed by atoms with E-state index in [1.54, 1.807) is 42.4 Å². The molecule has 0 atom stereocenters. The number of carbonyl (C=O) groups is 1. The first-order valence-corrected chi connectivity index (χ1v) is 10.3. The van der Waals surface area contributed by atoms with Crippen LogP contribution in [0.5, 0.6) is 0 Å². The Labute approximate surface area is 179 Å². The molecular formula is C21H27N7O3. The first-order chi connectivity index (χ1) is 15.0. The molecule has 0 unspecified atom stereocenters. The number of methoxy groups -OCH3 is 1. The lowest BCUT2D eigenvalue weighted by molar-refractivity contribution is 0.0580. The van der Waals surface area contributed by atoms with Crippen molar-refractivity contribution < 1.29 is 9.53 Å². The van der Waals surface area contributed by atoms with Crippen LogP contribution in [-0.2, 0) is 4.74 Å². The number of anilines is 3. The summed E-state index contributed by atoms with van der Waals surface area (Å²) in [5.41, 5.74) is 1.07. The van der Waals surface area contributed by atoms with Gasteiger partial charge in [0.15, 0.2) is 5.65 Å². The van der Waals surface area contributed by atoms with E-state index in [4.69, 9.17) is 4.74 Å². The normalized spacial score (nSPS) is 18.7. The van der Waals surface area contributed by atoms with Crippen molar-refractivity contribution >= 4 is 28.9 Å². The molecule has 0 saturated heterocycles. The number of carbonyl (C=O) groups excluding carboxylic acids is 1. The topological polar surface area (TPSA) is 115 Å². The third kappa shape index (κ3) is 3.98. The molecule has 0 spiro atoms. The number of nitrogens with one attached hydrogen (secondary N) is 3. The van der Waals surface area contributed by atoms with E-state index < -0.39 is 0 Å². The predicted octanol–water partition coefficient (Wildman–Crippen LogP) is 2.17. The van der Waals surface area contributed by atoms with Crippen molar-refractivity contribution in [3.63, 3.8) is 0 Å².